The van der Waals surface area contributed by atoms with Gasteiger partial charge in [-0.3, -0.25) is 4.90 Å². The Kier molecular flexibility index (Phi) is 3.84. The number of nitriles is 1. The minimum absolute atomic E-state index is 0.475. The number of rotatable bonds is 2. The molecule has 23 heavy (non-hydrogen) atoms. The van der Waals surface area contributed by atoms with E-state index in [0.29, 0.717) is 11.8 Å². The van der Waals surface area contributed by atoms with Crippen molar-refractivity contribution >= 4 is 15.9 Å². The van der Waals surface area contributed by atoms with Crippen LogP contribution < -0.4 is 4.74 Å². The fraction of sp³-hybridized carbons (Fsp3) is 0.316. The summed E-state index contributed by atoms with van der Waals surface area (Å²) in [7, 11) is 0. The van der Waals surface area contributed by atoms with E-state index in [0.717, 1.165) is 42.0 Å². The molecule has 2 aliphatic heterocycles. The highest BCUT2D eigenvalue weighted by Gasteiger charge is 2.38. The van der Waals surface area contributed by atoms with Gasteiger partial charge in [-0.1, -0.05) is 28.1 Å². The summed E-state index contributed by atoms with van der Waals surface area (Å²) in [5.41, 5.74) is 3.26. The lowest BCUT2D eigenvalue weighted by molar-refractivity contribution is 0.212. The number of nitrogens with zero attached hydrogens (tertiary/aromatic N) is 2. The molecule has 2 aliphatic rings. The molecule has 0 bridgehead atoms. The number of likely N-dealkylation sites (tertiary alicyclic amines) is 1. The number of hydrogen-bond donors (Lipinski definition) is 0. The van der Waals surface area contributed by atoms with Crippen LogP contribution in [-0.2, 0) is 6.54 Å². The van der Waals surface area contributed by atoms with Gasteiger partial charge in [0, 0.05) is 41.5 Å². The highest BCUT2D eigenvalue weighted by molar-refractivity contribution is 9.10. The summed E-state index contributed by atoms with van der Waals surface area (Å²) in [5, 5.41) is 9.14. The highest BCUT2D eigenvalue weighted by atomic mass is 79.9. The standard InChI is InChI=1S/C19H17BrN2O/c20-16-4-1-13(2-5-16)9-22-10-15-12-23-19-6-3-14(8-21)7-17(19)18(15)11-22/h1-7,15,18H,9-12H2. The SMILES string of the molecule is N#Cc1ccc2c(c1)C1CN(Cc3ccc(Br)cc3)CC1CO2. The third-order valence-electron chi connectivity index (χ3n) is 4.83. The molecule has 2 aromatic carbocycles. The molecule has 1 fully saturated rings. The van der Waals surface area contributed by atoms with E-state index >= 15 is 0 Å². The minimum atomic E-state index is 0.475. The normalized spacial score (nSPS) is 22.8. The zero-order valence-corrected chi connectivity index (χ0v) is 14.3. The zero-order valence-electron chi connectivity index (χ0n) is 12.7. The molecular formula is C19H17BrN2O. The van der Waals surface area contributed by atoms with E-state index in [-0.39, 0.29) is 0 Å². The van der Waals surface area contributed by atoms with Gasteiger partial charge in [-0.2, -0.15) is 5.26 Å². The van der Waals surface area contributed by atoms with E-state index < -0.39 is 0 Å². The molecule has 0 amide bonds. The fourth-order valence-corrected chi connectivity index (χ4v) is 3.96. The van der Waals surface area contributed by atoms with Gasteiger partial charge in [-0.15, -0.1) is 0 Å². The van der Waals surface area contributed by atoms with Crippen molar-refractivity contribution in [2.24, 2.45) is 5.92 Å². The van der Waals surface area contributed by atoms with Gasteiger partial charge in [-0.25, -0.2) is 0 Å². The summed E-state index contributed by atoms with van der Waals surface area (Å²) in [6, 6.07) is 16.6. The van der Waals surface area contributed by atoms with Gasteiger partial charge in [0.15, 0.2) is 0 Å². The van der Waals surface area contributed by atoms with Gasteiger partial charge in [0.1, 0.15) is 5.75 Å². The van der Waals surface area contributed by atoms with Gasteiger partial charge in [-0.05, 0) is 35.9 Å². The molecule has 4 rings (SSSR count). The van der Waals surface area contributed by atoms with Gasteiger partial charge >= 0.3 is 0 Å². The third-order valence-corrected chi connectivity index (χ3v) is 5.36. The molecule has 0 N–H and O–H groups in total. The Labute approximate surface area is 144 Å². The van der Waals surface area contributed by atoms with Crippen molar-refractivity contribution in [3.05, 3.63) is 63.6 Å². The van der Waals surface area contributed by atoms with Crippen molar-refractivity contribution in [3.8, 4) is 11.8 Å². The lowest BCUT2D eigenvalue weighted by atomic mass is 9.86. The summed E-state index contributed by atoms with van der Waals surface area (Å²) in [6.45, 7) is 3.83. The molecule has 4 heteroatoms. The van der Waals surface area contributed by atoms with Crippen LogP contribution in [0.1, 0.15) is 22.6 Å². The summed E-state index contributed by atoms with van der Waals surface area (Å²) in [5.74, 6) is 1.95. The molecule has 0 aliphatic carbocycles. The highest BCUT2D eigenvalue weighted by Crippen LogP contribution is 2.42. The average Bonchev–Trinajstić information content (AvgIpc) is 2.99. The number of fused-ring (bicyclic) bond motifs is 3. The maximum absolute atomic E-state index is 9.14. The Balaban J connectivity index is 1.54. The molecule has 2 atom stereocenters. The predicted octanol–water partition coefficient (Wildman–Crippen LogP) is 3.93. The van der Waals surface area contributed by atoms with Crippen molar-refractivity contribution in [2.45, 2.75) is 12.5 Å². The monoisotopic (exact) mass is 368 g/mol. The Bertz CT molecular complexity index is 766. The predicted molar refractivity (Wildman–Crippen MR) is 92.3 cm³/mol. The Morgan fingerprint density at radius 3 is 2.78 bits per heavy atom. The van der Waals surface area contributed by atoms with Crippen LogP contribution in [0.3, 0.4) is 0 Å². The van der Waals surface area contributed by atoms with E-state index in [1.54, 1.807) is 0 Å². The van der Waals surface area contributed by atoms with Crippen molar-refractivity contribution in [1.82, 2.24) is 4.90 Å². The van der Waals surface area contributed by atoms with Crippen LogP contribution in [-0.4, -0.2) is 24.6 Å². The van der Waals surface area contributed by atoms with Crippen LogP contribution in [0.15, 0.2) is 46.9 Å². The maximum atomic E-state index is 9.14. The van der Waals surface area contributed by atoms with E-state index in [4.69, 9.17) is 10.00 Å². The number of ether oxygens (including phenoxy) is 1. The topological polar surface area (TPSA) is 36.3 Å². The van der Waals surface area contributed by atoms with Gasteiger partial charge in [0.25, 0.3) is 0 Å². The molecule has 2 heterocycles. The molecule has 0 aromatic heterocycles. The van der Waals surface area contributed by atoms with Crippen LogP contribution >= 0.6 is 15.9 Å². The van der Waals surface area contributed by atoms with Crippen molar-refractivity contribution in [2.75, 3.05) is 19.7 Å². The molecule has 0 spiro atoms. The number of halogens is 1. The van der Waals surface area contributed by atoms with Crippen LogP contribution in [0.2, 0.25) is 0 Å². The molecule has 2 unspecified atom stereocenters. The fourth-order valence-electron chi connectivity index (χ4n) is 3.69. The van der Waals surface area contributed by atoms with Crippen LogP contribution in [0.4, 0.5) is 0 Å². The Hall–Kier alpha value is -1.83. The number of benzene rings is 2. The lowest BCUT2D eigenvalue weighted by Crippen LogP contribution is -2.25. The van der Waals surface area contributed by atoms with Crippen LogP contribution in [0.25, 0.3) is 0 Å². The molecule has 0 saturated carbocycles. The lowest BCUT2D eigenvalue weighted by Gasteiger charge is -2.27. The molecular weight excluding hydrogens is 352 g/mol. The van der Waals surface area contributed by atoms with Crippen molar-refractivity contribution in [3.63, 3.8) is 0 Å². The largest absolute Gasteiger partial charge is 0.493 e. The molecule has 116 valence electrons. The maximum Gasteiger partial charge on any atom is 0.122 e. The van der Waals surface area contributed by atoms with Crippen LogP contribution in [0.5, 0.6) is 5.75 Å². The first-order chi connectivity index (χ1) is 11.2. The Morgan fingerprint density at radius 2 is 2.00 bits per heavy atom. The zero-order chi connectivity index (χ0) is 15.8. The van der Waals surface area contributed by atoms with E-state index in [1.165, 1.54) is 11.1 Å². The van der Waals surface area contributed by atoms with Gasteiger partial charge < -0.3 is 4.74 Å². The van der Waals surface area contributed by atoms with E-state index in [9.17, 15) is 0 Å². The second kappa shape index (κ2) is 5.99. The van der Waals surface area contributed by atoms with Crippen molar-refractivity contribution in [1.29, 1.82) is 5.26 Å². The van der Waals surface area contributed by atoms with Crippen molar-refractivity contribution < 1.29 is 4.74 Å². The van der Waals surface area contributed by atoms with E-state index in [1.807, 2.05) is 18.2 Å². The quantitative estimate of drug-likeness (QED) is 0.805. The third kappa shape index (κ3) is 2.87. The summed E-state index contributed by atoms with van der Waals surface area (Å²) < 4.78 is 7.02. The second-order valence-electron chi connectivity index (χ2n) is 6.36. The first-order valence-corrected chi connectivity index (χ1v) is 8.66. The second-order valence-corrected chi connectivity index (χ2v) is 7.28. The first kappa shape index (κ1) is 14.7. The smallest absolute Gasteiger partial charge is 0.122 e. The Morgan fingerprint density at radius 1 is 1.17 bits per heavy atom. The molecule has 3 nitrogen and oxygen atoms in total. The molecule has 1 saturated heterocycles. The summed E-state index contributed by atoms with van der Waals surface area (Å²) in [6.07, 6.45) is 0. The van der Waals surface area contributed by atoms with Gasteiger partial charge in [0.05, 0.1) is 18.2 Å². The molecule has 2 aromatic rings. The summed E-state index contributed by atoms with van der Waals surface area (Å²) in [4.78, 5) is 2.50. The minimum Gasteiger partial charge on any atom is -0.493 e. The molecule has 0 radical (unpaired) electrons. The first-order valence-electron chi connectivity index (χ1n) is 7.86. The van der Waals surface area contributed by atoms with Gasteiger partial charge in [0.2, 0.25) is 0 Å². The number of hydrogen-bond acceptors (Lipinski definition) is 3. The summed E-state index contributed by atoms with van der Waals surface area (Å²) >= 11 is 3.48. The van der Waals surface area contributed by atoms with Crippen LogP contribution in [0, 0.1) is 17.2 Å². The average molecular weight is 369 g/mol. The van der Waals surface area contributed by atoms with E-state index in [2.05, 4.69) is 51.2 Å².